The summed E-state index contributed by atoms with van der Waals surface area (Å²) in [5, 5.41) is 0. The molecule has 2 aliphatic rings. The average Bonchev–Trinajstić information content (AvgIpc) is 2.54. The SMILES string of the molecule is O=C1c2ccccc2[C@H]2C[C@H](F)CCN12. The first-order valence-electron chi connectivity index (χ1n) is 5.31. The van der Waals surface area contributed by atoms with Gasteiger partial charge in [0.1, 0.15) is 6.17 Å². The number of halogens is 1. The van der Waals surface area contributed by atoms with Gasteiger partial charge in [0, 0.05) is 18.5 Å². The van der Waals surface area contributed by atoms with Gasteiger partial charge in [-0.05, 0) is 18.1 Å². The molecule has 78 valence electrons. The van der Waals surface area contributed by atoms with E-state index in [4.69, 9.17) is 0 Å². The number of carbonyl (C=O) groups excluding carboxylic acids is 1. The smallest absolute Gasteiger partial charge is 0.254 e. The number of hydrogen-bond acceptors (Lipinski definition) is 1. The van der Waals surface area contributed by atoms with E-state index in [9.17, 15) is 9.18 Å². The van der Waals surface area contributed by atoms with E-state index in [0.717, 1.165) is 11.1 Å². The molecule has 1 amide bonds. The zero-order valence-electron chi connectivity index (χ0n) is 8.32. The Labute approximate surface area is 87.7 Å². The Morgan fingerprint density at radius 1 is 1.33 bits per heavy atom. The number of carbonyl (C=O) groups is 1. The minimum absolute atomic E-state index is 0.0163. The molecule has 1 aromatic carbocycles. The van der Waals surface area contributed by atoms with Crippen LogP contribution in [-0.4, -0.2) is 23.5 Å². The molecule has 1 fully saturated rings. The van der Waals surface area contributed by atoms with Gasteiger partial charge in [-0.15, -0.1) is 0 Å². The highest BCUT2D eigenvalue weighted by molar-refractivity contribution is 5.99. The van der Waals surface area contributed by atoms with Crippen LogP contribution in [0, 0.1) is 0 Å². The third-order valence-corrected chi connectivity index (χ3v) is 3.35. The van der Waals surface area contributed by atoms with Crippen molar-refractivity contribution in [2.45, 2.75) is 25.1 Å². The molecule has 0 N–H and O–H groups in total. The zero-order chi connectivity index (χ0) is 10.4. The molecular weight excluding hydrogens is 193 g/mol. The zero-order valence-corrected chi connectivity index (χ0v) is 8.32. The largest absolute Gasteiger partial charge is 0.331 e. The van der Waals surface area contributed by atoms with Gasteiger partial charge in [-0.25, -0.2) is 4.39 Å². The van der Waals surface area contributed by atoms with Gasteiger partial charge in [0.15, 0.2) is 0 Å². The van der Waals surface area contributed by atoms with Crippen LogP contribution in [0.15, 0.2) is 24.3 Å². The Hall–Kier alpha value is -1.38. The van der Waals surface area contributed by atoms with E-state index in [0.29, 0.717) is 19.4 Å². The molecule has 0 radical (unpaired) electrons. The molecule has 1 aromatic rings. The molecule has 15 heavy (non-hydrogen) atoms. The lowest BCUT2D eigenvalue weighted by Gasteiger charge is -2.31. The number of nitrogens with zero attached hydrogens (tertiary/aromatic N) is 1. The molecule has 0 unspecified atom stereocenters. The highest BCUT2D eigenvalue weighted by Gasteiger charge is 2.40. The van der Waals surface area contributed by atoms with Gasteiger partial charge >= 0.3 is 0 Å². The molecule has 2 heterocycles. The first kappa shape index (κ1) is 8.89. The Morgan fingerprint density at radius 2 is 2.13 bits per heavy atom. The van der Waals surface area contributed by atoms with E-state index in [1.807, 2.05) is 24.3 Å². The van der Waals surface area contributed by atoms with Crippen LogP contribution in [0.3, 0.4) is 0 Å². The summed E-state index contributed by atoms with van der Waals surface area (Å²) in [5.41, 5.74) is 1.77. The van der Waals surface area contributed by atoms with Crippen molar-refractivity contribution >= 4 is 5.91 Å². The van der Waals surface area contributed by atoms with Crippen LogP contribution in [0.25, 0.3) is 0 Å². The molecule has 2 atom stereocenters. The summed E-state index contributed by atoms with van der Waals surface area (Å²) in [6.45, 7) is 0.555. The molecule has 0 spiro atoms. The first-order valence-corrected chi connectivity index (χ1v) is 5.31. The lowest BCUT2D eigenvalue weighted by molar-refractivity contribution is 0.0575. The van der Waals surface area contributed by atoms with Crippen LogP contribution in [-0.2, 0) is 0 Å². The normalized spacial score (nSPS) is 28.9. The highest BCUT2D eigenvalue weighted by Crippen LogP contribution is 2.40. The van der Waals surface area contributed by atoms with Crippen molar-refractivity contribution in [1.82, 2.24) is 4.90 Å². The Morgan fingerprint density at radius 3 is 3.00 bits per heavy atom. The van der Waals surface area contributed by atoms with E-state index >= 15 is 0 Å². The number of piperidine rings is 1. The fourth-order valence-electron chi connectivity index (χ4n) is 2.60. The summed E-state index contributed by atoms with van der Waals surface area (Å²) in [5.74, 6) is 0.0718. The number of alkyl halides is 1. The van der Waals surface area contributed by atoms with Gasteiger partial charge in [0.05, 0.1) is 6.04 Å². The third kappa shape index (κ3) is 1.19. The fourth-order valence-corrected chi connectivity index (χ4v) is 2.60. The van der Waals surface area contributed by atoms with Crippen molar-refractivity contribution in [3.63, 3.8) is 0 Å². The monoisotopic (exact) mass is 205 g/mol. The lowest BCUT2D eigenvalue weighted by atomic mass is 9.96. The second-order valence-electron chi connectivity index (χ2n) is 4.22. The van der Waals surface area contributed by atoms with Crippen molar-refractivity contribution < 1.29 is 9.18 Å². The number of rotatable bonds is 0. The maximum atomic E-state index is 13.3. The van der Waals surface area contributed by atoms with E-state index in [2.05, 4.69) is 0 Å². The van der Waals surface area contributed by atoms with Gasteiger partial charge < -0.3 is 4.90 Å². The number of benzene rings is 1. The maximum Gasteiger partial charge on any atom is 0.254 e. The van der Waals surface area contributed by atoms with Crippen LogP contribution in [0.1, 0.15) is 34.8 Å². The predicted octanol–water partition coefficient (Wildman–Crippen LogP) is 2.32. The van der Waals surface area contributed by atoms with Gasteiger partial charge in [0.2, 0.25) is 0 Å². The van der Waals surface area contributed by atoms with Crippen LogP contribution in [0.5, 0.6) is 0 Å². The summed E-state index contributed by atoms with van der Waals surface area (Å²) in [4.78, 5) is 13.7. The van der Waals surface area contributed by atoms with E-state index < -0.39 is 6.17 Å². The van der Waals surface area contributed by atoms with Crippen molar-refractivity contribution in [3.8, 4) is 0 Å². The van der Waals surface area contributed by atoms with Crippen molar-refractivity contribution in [2.24, 2.45) is 0 Å². The Kier molecular flexibility index (Phi) is 1.81. The Balaban J connectivity index is 2.06. The summed E-state index contributed by atoms with van der Waals surface area (Å²) < 4.78 is 13.3. The quantitative estimate of drug-likeness (QED) is 0.636. The number of amides is 1. The summed E-state index contributed by atoms with van der Waals surface area (Å²) in [6.07, 6.45) is 0.184. The summed E-state index contributed by atoms with van der Waals surface area (Å²) in [7, 11) is 0. The molecule has 1 saturated heterocycles. The maximum absolute atomic E-state index is 13.3. The number of fused-ring (bicyclic) bond motifs is 3. The molecular formula is C12H12FNO. The highest BCUT2D eigenvalue weighted by atomic mass is 19.1. The second-order valence-corrected chi connectivity index (χ2v) is 4.22. The molecule has 2 nitrogen and oxygen atoms in total. The van der Waals surface area contributed by atoms with Gasteiger partial charge in [-0.3, -0.25) is 4.79 Å². The van der Waals surface area contributed by atoms with Crippen LogP contribution >= 0.6 is 0 Å². The van der Waals surface area contributed by atoms with Crippen molar-refractivity contribution in [2.75, 3.05) is 6.54 Å². The minimum Gasteiger partial charge on any atom is -0.331 e. The van der Waals surface area contributed by atoms with Crippen molar-refractivity contribution in [1.29, 1.82) is 0 Å². The Bertz CT molecular complexity index is 418. The van der Waals surface area contributed by atoms with Gasteiger partial charge in [-0.1, -0.05) is 18.2 Å². The topological polar surface area (TPSA) is 20.3 Å². The molecule has 0 saturated carbocycles. The molecule has 0 aromatic heterocycles. The minimum atomic E-state index is -0.759. The average molecular weight is 205 g/mol. The number of hydrogen-bond donors (Lipinski definition) is 0. The van der Waals surface area contributed by atoms with Gasteiger partial charge in [-0.2, -0.15) is 0 Å². The molecule has 3 heteroatoms. The molecule has 2 aliphatic heterocycles. The van der Waals surface area contributed by atoms with Crippen LogP contribution < -0.4 is 0 Å². The summed E-state index contributed by atoms with van der Waals surface area (Å²) in [6, 6.07) is 7.54. The fraction of sp³-hybridized carbons (Fsp3) is 0.417. The lowest BCUT2D eigenvalue weighted by Crippen LogP contribution is -2.36. The summed E-state index contributed by atoms with van der Waals surface area (Å²) >= 11 is 0. The molecule has 3 rings (SSSR count). The second kappa shape index (κ2) is 3.05. The van der Waals surface area contributed by atoms with Crippen LogP contribution in [0.2, 0.25) is 0 Å². The van der Waals surface area contributed by atoms with E-state index in [1.165, 1.54) is 0 Å². The third-order valence-electron chi connectivity index (χ3n) is 3.35. The van der Waals surface area contributed by atoms with Crippen LogP contribution in [0.4, 0.5) is 4.39 Å². The predicted molar refractivity (Wildman–Crippen MR) is 54.3 cm³/mol. The van der Waals surface area contributed by atoms with E-state index in [-0.39, 0.29) is 11.9 Å². The first-order chi connectivity index (χ1) is 7.27. The standard InChI is InChI=1S/C12H12FNO/c13-8-5-6-14-11(7-8)9-3-1-2-4-10(9)12(14)15/h1-4,8,11H,5-7H2/t8-,11-/m1/s1. The van der Waals surface area contributed by atoms with Gasteiger partial charge in [0.25, 0.3) is 5.91 Å². The van der Waals surface area contributed by atoms with Crippen molar-refractivity contribution in [3.05, 3.63) is 35.4 Å². The molecule has 0 aliphatic carbocycles. The molecule has 0 bridgehead atoms. The van der Waals surface area contributed by atoms with E-state index in [1.54, 1.807) is 4.90 Å².